The first-order valence-electron chi connectivity index (χ1n) is 9.02. The van der Waals surface area contributed by atoms with Gasteiger partial charge in [0, 0.05) is 46.7 Å². The number of guanidine groups is 1. The summed E-state index contributed by atoms with van der Waals surface area (Å²) in [6.45, 7) is 8.72. The van der Waals surface area contributed by atoms with Gasteiger partial charge in [-0.1, -0.05) is 15.9 Å². The molecule has 0 aromatic heterocycles. The zero-order chi connectivity index (χ0) is 19.2. The SMILES string of the molecule is CCNC(=NCC(C)(C)Sc1ccc(Br)cc1)NC1CCC(=O)N(C)C1.I. The van der Waals surface area contributed by atoms with E-state index in [9.17, 15) is 4.79 Å². The largest absolute Gasteiger partial charge is 0.357 e. The van der Waals surface area contributed by atoms with Crippen LogP contribution in [0.3, 0.4) is 0 Å². The molecule has 0 radical (unpaired) electrons. The molecule has 5 nitrogen and oxygen atoms in total. The Bertz CT molecular complexity index is 639. The quantitative estimate of drug-likeness (QED) is 0.235. The van der Waals surface area contributed by atoms with Gasteiger partial charge in [0.05, 0.1) is 6.54 Å². The predicted molar refractivity (Wildman–Crippen MR) is 129 cm³/mol. The van der Waals surface area contributed by atoms with Gasteiger partial charge in [0.15, 0.2) is 5.96 Å². The second-order valence-electron chi connectivity index (χ2n) is 7.17. The Morgan fingerprint density at radius 2 is 2.04 bits per heavy atom. The Hall–Kier alpha value is -0.480. The maximum atomic E-state index is 11.6. The Morgan fingerprint density at radius 3 is 2.63 bits per heavy atom. The van der Waals surface area contributed by atoms with Crippen molar-refractivity contribution in [3.63, 3.8) is 0 Å². The van der Waals surface area contributed by atoms with Gasteiger partial charge in [0.2, 0.25) is 5.91 Å². The number of likely N-dealkylation sites (N-methyl/N-ethyl adjacent to an activating group) is 1. The number of nitrogens with zero attached hydrogens (tertiary/aromatic N) is 2. The van der Waals surface area contributed by atoms with Gasteiger partial charge in [-0.05, 0) is 51.5 Å². The summed E-state index contributed by atoms with van der Waals surface area (Å²) < 4.78 is 1.07. The third-order valence-electron chi connectivity index (χ3n) is 4.14. The van der Waals surface area contributed by atoms with Crippen molar-refractivity contribution in [3.8, 4) is 0 Å². The minimum absolute atomic E-state index is 0. The van der Waals surface area contributed by atoms with Gasteiger partial charge in [-0.15, -0.1) is 35.7 Å². The summed E-state index contributed by atoms with van der Waals surface area (Å²) in [6.07, 6.45) is 1.45. The molecule has 1 amide bonds. The lowest BCUT2D eigenvalue weighted by Crippen LogP contribution is -2.52. The van der Waals surface area contributed by atoms with Crippen LogP contribution >= 0.6 is 51.7 Å². The molecule has 1 unspecified atom stereocenters. The van der Waals surface area contributed by atoms with Crippen LogP contribution in [-0.4, -0.2) is 54.2 Å². The first-order chi connectivity index (χ1) is 12.3. The molecule has 1 aromatic rings. The first-order valence-corrected chi connectivity index (χ1v) is 10.6. The molecular formula is C19H30BrIN4OS. The van der Waals surface area contributed by atoms with Gasteiger partial charge in [-0.3, -0.25) is 9.79 Å². The summed E-state index contributed by atoms with van der Waals surface area (Å²) in [7, 11) is 1.86. The van der Waals surface area contributed by atoms with E-state index < -0.39 is 0 Å². The number of nitrogens with one attached hydrogen (secondary N) is 2. The van der Waals surface area contributed by atoms with Crippen LogP contribution in [0.5, 0.6) is 0 Å². The summed E-state index contributed by atoms with van der Waals surface area (Å²) in [4.78, 5) is 19.5. The fraction of sp³-hybridized carbons (Fsp3) is 0.579. The van der Waals surface area contributed by atoms with Crippen LogP contribution in [0.2, 0.25) is 0 Å². The van der Waals surface area contributed by atoms with Crippen molar-refractivity contribution in [3.05, 3.63) is 28.7 Å². The van der Waals surface area contributed by atoms with E-state index in [1.165, 1.54) is 4.90 Å². The van der Waals surface area contributed by atoms with Crippen LogP contribution in [0, 0.1) is 0 Å². The topological polar surface area (TPSA) is 56.7 Å². The van der Waals surface area contributed by atoms with Crippen LogP contribution in [0.15, 0.2) is 38.6 Å². The van der Waals surface area contributed by atoms with Gasteiger partial charge < -0.3 is 15.5 Å². The number of carbonyl (C=O) groups excluding carboxylic acids is 1. The number of amides is 1. The highest BCUT2D eigenvalue weighted by Gasteiger charge is 2.24. The molecule has 152 valence electrons. The van der Waals surface area contributed by atoms with E-state index in [0.717, 1.165) is 29.9 Å². The molecule has 0 bridgehead atoms. The molecule has 27 heavy (non-hydrogen) atoms. The van der Waals surface area contributed by atoms with Gasteiger partial charge >= 0.3 is 0 Å². The van der Waals surface area contributed by atoms with Gasteiger partial charge in [0.25, 0.3) is 0 Å². The molecule has 1 aliphatic heterocycles. The first kappa shape index (κ1) is 24.6. The Labute approximate surface area is 192 Å². The maximum absolute atomic E-state index is 11.6. The molecule has 8 heteroatoms. The van der Waals surface area contributed by atoms with Crippen LogP contribution in [-0.2, 0) is 4.79 Å². The number of halogens is 2. The monoisotopic (exact) mass is 568 g/mol. The molecule has 1 aromatic carbocycles. The van der Waals surface area contributed by atoms with E-state index in [0.29, 0.717) is 13.0 Å². The second kappa shape index (κ2) is 11.5. The van der Waals surface area contributed by atoms with Crippen LogP contribution < -0.4 is 10.6 Å². The molecule has 2 rings (SSSR count). The smallest absolute Gasteiger partial charge is 0.222 e. The molecule has 0 saturated carbocycles. The van der Waals surface area contributed by atoms with Crippen molar-refractivity contribution in [1.29, 1.82) is 0 Å². The van der Waals surface area contributed by atoms with Crippen molar-refractivity contribution < 1.29 is 4.79 Å². The summed E-state index contributed by atoms with van der Waals surface area (Å²) in [5.74, 6) is 1.04. The van der Waals surface area contributed by atoms with Gasteiger partial charge in [0.1, 0.15) is 0 Å². The van der Waals surface area contributed by atoms with Crippen molar-refractivity contribution in [1.82, 2.24) is 15.5 Å². The average Bonchev–Trinajstić information content (AvgIpc) is 2.58. The van der Waals surface area contributed by atoms with Crippen molar-refractivity contribution >= 4 is 63.5 Å². The highest BCUT2D eigenvalue weighted by molar-refractivity contribution is 14.0. The number of rotatable bonds is 6. The molecule has 1 saturated heterocycles. The fourth-order valence-corrected chi connectivity index (χ4v) is 4.07. The second-order valence-corrected chi connectivity index (χ2v) is 9.86. The molecule has 1 aliphatic rings. The van der Waals surface area contributed by atoms with Crippen molar-refractivity contribution in [2.24, 2.45) is 4.99 Å². The predicted octanol–water partition coefficient (Wildman–Crippen LogP) is 4.11. The van der Waals surface area contributed by atoms with E-state index in [4.69, 9.17) is 4.99 Å². The Balaban J connectivity index is 0.00000364. The third-order valence-corrected chi connectivity index (χ3v) is 5.86. The summed E-state index contributed by atoms with van der Waals surface area (Å²) >= 11 is 5.30. The number of thioether (sulfide) groups is 1. The maximum Gasteiger partial charge on any atom is 0.222 e. The fourth-order valence-electron chi connectivity index (χ4n) is 2.77. The van der Waals surface area contributed by atoms with Crippen LogP contribution in [0.25, 0.3) is 0 Å². The van der Waals surface area contributed by atoms with E-state index in [-0.39, 0.29) is 40.7 Å². The summed E-state index contributed by atoms with van der Waals surface area (Å²) in [5, 5.41) is 6.80. The van der Waals surface area contributed by atoms with E-state index in [2.05, 4.69) is 71.6 Å². The van der Waals surface area contributed by atoms with Crippen molar-refractivity contribution in [2.45, 2.75) is 49.3 Å². The lowest BCUT2D eigenvalue weighted by Gasteiger charge is -2.31. The van der Waals surface area contributed by atoms with E-state index in [1.54, 1.807) is 4.90 Å². The molecule has 1 atom stereocenters. The summed E-state index contributed by atoms with van der Waals surface area (Å²) in [6, 6.07) is 8.62. The Morgan fingerprint density at radius 1 is 1.37 bits per heavy atom. The molecule has 2 N–H and O–H groups in total. The number of piperidine rings is 1. The third kappa shape index (κ3) is 8.60. The highest BCUT2D eigenvalue weighted by Crippen LogP contribution is 2.33. The molecule has 1 fully saturated rings. The summed E-state index contributed by atoms with van der Waals surface area (Å²) in [5.41, 5.74) is 0. The average molecular weight is 569 g/mol. The minimum atomic E-state index is -0.0183. The zero-order valence-corrected chi connectivity index (χ0v) is 21.2. The molecular weight excluding hydrogens is 539 g/mol. The van der Waals surface area contributed by atoms with Gasteiger partial charge in [-0.2, -0.15) is 0 Å². The number of carbonyl (C=O) groups is 1. The number of hydrogen-bond acceptors (Lipinski definition) is 3. The number of hydrogen-bond donors (Lipinski definition) is 2. The lowest BCUT2D eigenvalue weighted by molar-refractivity contribution is -0.132. The zero-order valence-electron chi connectivity index (χ0n) is 16.4. The van der Waals surface area contributed by atoms with E-state index >= 15 is 0 Å². The molecule has 0 aliphatic carbocycles. The van der Waals surface area contributed by atoms with Crippen LogP contribution in [0.4, 0.5) is 0 Å². The highest BCUT2D eigenvalue weighted by atomic mass is 127. The van der Waals surface area contributed by atoms with Crippen LogP contribution in [0.1, 0.15) is 33.6 Å². The lowest BCUT2D eigenvalue weighted by atomic mass is 10.1. The van der Waals surface area contributed by atoms with Gasteiger partial charge in [-0.25, -0.2) is 0 Å². The Kier molecular flexibility index (Phi) is 10.5. The number of benzene rings is 1. The van der Waals surface area contributed by atoms with E-state index in [1.807, 2.05) is 18.8 Å². The standard InChI is InChI=1S/C19H29BrN4OS.HI/c1-5-21-18(23-15-8-11-17(25)24(4)12-15)22-13-19(2,3)26-16-9-6-14(20)7-10-16;/h6-7,9-10,15H,5,8,11-13H2,1-4H3,(H2,21,22,23);1H. The molecule has 0 spiro atoms. The minimum Gasteiger partial charge on any atom is -0.357 e. The number of aliphatic imine (C=N–C) groups is 1. The normalized spacial score (nSPS) is 18.1. The number of likely N-dealkylation sites (tertiary alicyclic amines) is 1. The van der Waals surface area contributed by atoms with Crippen molar-refractivity contribution in [2.75, 3.05) is 26.7 Å². The molecule has 1 heterocycles.